The van der Waals surface area contributed by atoms with Crippen LogP contribution in [0.1, 0.15) is 18.1 Å². The number of benzene rings is 2. The van der Waals surface area contributed by atoms with Crippen molar-refractivity contribution < 1.29 is 9.13 Å². The lowest BCUT2D eigenvalue weighted by Gasteiger charge is -2.08. The molecule has 0 spiro atoms. The van der Waals surface area contributed by atoms with Crippen molar-refractivity contribution in [2.75, 3.05) is 0 Å². The number of hydrogen-bond acceptors (Lipinski definition) is 2. The Morgan fingerprint density at radius 3 is 2.28 bits per heavy atom. The highest BCUT2D eigenvalue weighted by Crippen LogP contribution is 2.25. The molecule has 0 aliphatic carbocycles. The van der Waals surface area contributed by atoms with E-state index in [2.05, 4.69) is 6.92 Å². The van der Waals surface area contributed by atoms with Gasteiger partial charge in [0.25, 0.3) is 0 Å². The Kier molecular flexibility index (Phi) is 3.95. The normalized spacial score (nSPS) is 10.4. The van der Waals surface area contributed by atoms with E-state index in [0.717, 1.165) is 12.0 Å². The number of nitrogens with two attached hydrogens (primary N) is 1. The molecule has 94 valence electrons. The fraction of sp³-hybridized carbons (Fsp3) is 0.200. The summed E-state index contributed by atoms with van der Waals surface area (Å²) < 4.78 is 19.2. The van der Waals surface area contributed by atoms with Gasteiger partial charge in [-0.15, -0.1) is 0 Å². The average Bonchev–Trinajstić information content (AvgIpc) is 2.42. The molecule has 2 aromatic carbocycles. The van der Waals surface area contributed by atoms with Crippen molar-refractivity contribution in [2.45, 2.75) is 19.9 Å². The van der Waals surface area contributed by atoms with Crippen molar-refractivity contribution in [2.24, 2.45) is 5.73 Å². The zero-order valence-corrected chi connectivity index (χ0v) is 10.3. The van der Waals surface area contributed by atoms with Gasteiger partial charge in [0.15, 0.2) is 11.6 Å². The third kappa shape index (κ3) is 2.87. The Labute approximate surface area is 106 Å². The molecular formula is C15H16FNO. The van der Waals surface area contributed by atoms with E-state index >= 15 is 0 Å². The molecule has 0 aromatic heterocycles. The third-order valence-electron chi connectivity index (χ3n) is 2.79. The molecule has 0 heterocycles. The van der Waals surface area contributed by atoms with Gasteiger partial charge in [-0.2, -0.15) is 0 Å². The standard InChI is InChI=1S/C15H16FNO/c1-2-11-3-6-13(7-4-11)18-15-8-5-12(10-17)9-14(15)16/h3-9H,2,10,17H2,1H3. The minimum Gasteiger partial charge on any atom is -0.454 e. The average molecular weight is 245 g/mol. The van der Waals surface area contributed by atoms with Crippen molar-refractivity contribution in [1.29, 1.82) is 0 Å². The van der Waals surface area contributed by atoms with E-state index in [9.17, 15) is 4.39 Å². The Morgan fingerprint density at radius 2 is 1.72 bits per heavy atom. The number of halogens is 1. The topological polar surface area (TPSA) is 35.2 Å². The summed E-state index contributed by atoms with van der Waals surface area (Å²) in [6, 6.07) is 12.4. The van der Waals surface area contributed by atoms with Gasteiger partial charge in [0.05, 0.1) is 0 Å². The molecule has 0 unspecified atom stereocenters. The molecule has 0 atom stereocenters. The van der Waals surface area contributed by atoms with Crippen molar-refractivity contribution in [3.8, 4) is 11.5 Å². The van der Waals surface area contributed by atoms with Crippen molar-refractivity contribution in [3.05, 3.63) is 59.4 Å². The summed E-state index contributed by atoms with van der Waals surface area (Å²) in [5.74, 6) is 0.459. The molecule has 2 aromatic rings. The summed E-state index contributed by atoms with van der Waals surface area (Å²) in [4.78, 5) is 0. The Bertz CT molecular complexity index is 523. The van der Waals surface area contributed by atoms with E-state index in [4.69, 9.17) is 10.5 Å². The summed E-state index contributed by atoms with van der Waals surface area (Å²) in [5.41, 5.74) is 7.42. The zero-order valence-electron chi connectivity index (χ0n) is 10.3. The minimum absolute atomic E-state index is 0.219. The fourth-order valence-corrected chi connectivity index (χ4v) is 1.67. The Hall–Kier alpha value is -1.87. The molecule has 0 saturated heterocycles. The number of ether oxygens (including phenoxy) is 1. The van der Waals surface area contributed by atoms with Gasteiger partial charge in [0.1, 0.15) is 5.75 Å². The van der Waals surface area contributed by atoms with Crippen LogP contribution in [0, 0.1) is 5.82 Å². The summed E-state index contributed by atoms with van der Waals surface area (Å²) in [7, 11) is 0. The molecule has 0 fully saturated rings. The van der Waals surface area contributed by atoms with E-state index in [1.165, 1.54) is 11.6 Å². The summed E-state index contributed by atoms with van der Waals surface area (Å²) in [6.45, 7) is 2.41. The van der Waals surface area contributed by atoms with Crippen LogP contribution in [0.2, 0.25) is 0 Å². The van der Waals surface area contributed by atoms with Gasteiger partial charge in [-0.25, -0.2) is 4.39 Å². The molecule has 2 rings (SSSR count). The quantitative estimate of drug-likeness (QED) is 0.892. The van der Waals surface area contributed by atoms with Crippen LogP contribution >= 0.6 is 0 Å². The molecule has 3 heteroatoms. The largest absolute Gasteiger partial charge is 0.454 e. The first kappa shape index (κ1) is 12.6. The van der Waals surface area contributed by atoms with Crippen LogP contribution in [-0.4, -0.2) is 0 Å². The molecule has 0 saturated carbocycles. The molecule has 0 aliphatic rings. The lowest BCUT2D eigenvalue weighted by molar-refractivity contribution is 0.441. The molecule has 2 N–H and O–H groups in total. The minimum atomic E-state index is -0.391. The van der Waals surface area contributed by atoms with Gasteiger partial charge < -0.3 is 10.5 Å². The highest BCUT2D eigenvalue weighted by Gasteiger charge is 2.05. The van der Waals surface area contributed by atoms with Crippen LogP contribution in [0.5, 0.6) is 11.5 Å². The molecule has 0 amide bonds. The number of aryl methyl sites for hydroxylation is 1. The van der Waals surface area contributed by atoms with Crippen LogP contribution < -0.4 is 10.5 Å². The third-order valence-corrected chi connectivity index (χ3v) is 2.79. The predicted octanol–water partition coefficient (Wildman–Crippen LogP) is 3.64. The highest BCUT2D eigenvalue weighted by atomic mass is 19.1. The number of rotatable bonds is 4. The Morgan fingerprint density at radius 1 is 1.06 bits per heavy atom. The lowest BCUT2D eigenvalue weighted by Crippen LogP contribution is -1.97. The first-order valence-corrected chi connectivity index (χ1v) is 5.98. The van der Waals surface area contributed by atoms with E-state index < -0.39 is 5.82 Å². The van der Waals surface area contributed by atoms with E-state index in [0.29, 0.717) is 12.3 Å². The second-order valence-electron chi connectivity index (χ2n) is 4.07. The monoisotopic (exact) mass is 245 g/mol. The second-order valence-corrected chi connectivity index (χ2v) is 4.07. The van der Waals surface area contributed by atoms with Gasteiger partial charge >= 0.3 is 0 Å². The summed E-state index contributed by atoms with van der Waals surface area (Å²) >= 11 is 0. The number of hydrogen-bond donors (Lipinski definition) is 1. The van der Waals surface area contributed by atoms with Crippen molar-refractivity contribution in [3.63, 3.8) is 0 Å². The summed E-state index contributed by atoms with van der Waals surface area (Å²) in [5, 5.41) is 0. The molecule has 0 aliphatic heterocycles. The first-order valence-electron chi connectivity index (χ1n) is 5.98. The molecule has 0 radical (unpaired) electrons. The maximum atomic E-state index is 13.7. The van der Waals surface area contributed by atoms with Crippen LogP contribution in [0.3, 0.4) is 0 Å². The molecule has 18 heavy (non-hydrogen) atoms. The van der Waals surface area contributed by atoms with Crippen LogP contribution in [0.25, 0.3) is 0 Å². The zero-order chi connectivity index (χ0) is 13.0. The second kappa shape index (κ2) is 5.65. The molecule has 0 bridgehead atoms. The van der Waals surface area contributed by atoms with Gasteiger partial charge in [-0.05, 0) is 41.8 Å². The van der Waals surface area contributed by atoms with E-state index in [-0.39, 0.29) is 5.75 Å². The molecular weight excluding hydrogens is 229 g/mol. The van der Waals surface area contributed by atoms with Crippen molar-refractivity contribution >= 4 is 0 Å². The smallest absolute Gasteiger partial charge is 0.166 e. The van der Waals surface area contributed by atoms with Crippen LogP contribution in [0.15, 0.2) is 42.5 Å². The Balaban J connectivity index is 2.17. The SMILES string of the molecule is CCc1ccc(Oc2ccc(CN)cc2F)cc1. The first-order chi connectivity index (χ1) is 8.72. The van der Waals surface area contributed by atoms with E-state index in [1.54, 1.807) is 12.1 Å². The van der Waals surface area contributed by atoms with Gasteiger partial charge in [-0.3, -0.25) is 0 Å². The fourth-order valence-electron chi connectivity index (χ4n) is 1.67. The van der Waals surface area contributed by atoms with Crippen molar-refractivity contribution in [1.82, 2.24) is 0 Å². The van der Waals surface area contributed by atoms with Crippen LogP contribution in [-0.2, 0) is 13.0 Å². The summed E-state index contributed by atoms with van der Waals surface area (Å²) in [6.07, 6.45) is 0.972. The van der Waals surface area contributed by atoms with Gasteiger partial charge in [0.2, 0.25) is 0 Å². The predicted molar refractivity (Wildman–Crippen MR) is 70.2 cm³/mol. The molecule has 2 nitrogen and oxygen atoms in total. The van der Waals surface area contributed by atoms with Gasteiger partial charge in [0, 0.05) is 6.54 Å². The lowest BCUT2D eigenvalue weighted by atomic mass is 10.2. The highest BCUT2D eigenvalue weighted by molar-refractivity contribution is 5.35. The maximum absolute atomic E-state index is 13.7. The maximum Gasteiger partial charge on any atom is 0.166 e. The van der Waals surface area contributed by atoms with Crippen LogP contribution in [0.4, 0.5) is 4.39 Å². The van der Waals surface area contributed by atoms with E-state index in [1.807, 2.05) is 24.3 Å². The van der Waals surface area contributed by atoms with Gasteiger partial charge in [-0.1, -0.05) is 25.1 Å².